The number of hydrogen-bond donors (Lipinski definition) is 1. The number of benzene rings is 2. The molecule has 6 nitrogen and oxygen atoms in total. The summed E-state index contributed by atoms with van der Waals surface area (Å²) in [4.78, 5) is 32.0. The van der Waals surface area contributed by atoms with Gasteiger partial charge >= 0.3 is 0 Å². The molecule has 2 aliphatic rings. The number of carbonyl (C=O) groups excluding carboxylic acids is 2. The minimum Gasteiger partial charge on any atom is -0.497 e. The molecule has 29 heavy (non-hydrogen) atoms. The predicted octanol–water partition coefficient (Wildman–Crippen LogP) is 4.39. The first kappa shape index (κ1) is 18.2. The van der Waals surface area contributed by atoms with Crippen molar-refractivity contribution in [3.05, 3.63) is 53.9 Å². The molecule has 0 bridgehead atoms. The zero-order valence-electron chi connectivity index (χ0n) is 15.5. The molecule has 0 saturated carbocycles. The van der Waals surface area contributed by atoms with E-state index < -0.39 is 4.87 Å². The van der Waals surface area contributed by atoms with Crippen molar-refractivity contribution >= 4 is 45.7 Å². The second-order valence-corrected chi connectivity index (χ2v) is 8.98. The van der Waals surface area contributed by atoms with Gasteiger partial charge in [-0.05, 0) is 42.8 Å². The van der Waals surface area contributed by atoms with Crippen LogP contribution in [0.4, 0.5) is 10.8 Å². The summed E-state index contributed by atoms with van der Waals surface area (Å²) in [6.07, 6.45) is 0.845. The second-order valence-electron chi connectivity index (χ2n) is 6.80. The van der Waals surface area contributed by atoms with Gasteiger partial charge in [0.05, 0.1) is 18.5 Å². The summed E-state index contributed by atoms with van der Waals surface area (Å²) in [6, 6.07) is 15.3. The fraction of sp³-hybridized carbons (Fsp3) is 0.190. The summed E-state index contributed by atoms with van der Waals surface area (Å²) in [5, 5.41) is 5.37. The van der Waals surface area contributed by atoms with Crippen LogP contribution in [0.2, 0.25) is 0 Å². The molecular weight excluding hydrogens is 406 g/mol. The fourth-order valence-corrected chi connectivity index (χ4v) is 5.85. The molecule has 0 radical (unpaired) electrons. The molecule has 0 spiro atoms. The van der Waals surface area contributed by atoms with Crippen molar-refractivity contribution in [2.75, 3.05) is 17.3 Å². The van der Waals surface area contributed by atoms with E-state index in [1.54, 1.807) is 12.0 Å². The number of nitrogens with zero attached hydrogens (tertiary/aromatic N) is 2. The maximum Gasteiger partial charge on any atom is 0.263 e. The monoisotopic (exact) mass is 423 g/mol. The maximum absolute atomic E-state index is 13.3. The van der Waals surface area contributed by atoms with Crippen molar-refractivity contribution in [2.45, 2.75) is 22.6 Å². The molecule has 2 amide bonds. The topological polar surface area (TPSA) is 71.5 Å². The number of ether oxygens (including phenoxy) is 1. The van der Waals surface area contributed by atoms with E-state index in [-0.39, 0.29) is 11.8 Å². The smallest absolute Gasteiger partial charge is 0.263 e. The molecule has 1 fully saturated rings. The van der Waals surface area contributed by atoms with Gasteiger partial charge in [0.1, 0.15) is 5.75 Å². The molecule has 3 aromatic rings. The Hall–Kier alpha value is -2.84. The third kappa shape index (κ3) is 2.90. The Morgan fingerprint density at radius 3 is 2.79 bits per heavy atom. The molecule has 2 aliphatic heterocycles. The van der Waals surface area contributed by atoms with Crippen LogP contribution < -0.4 is 15.0 Å². The Balaban J connectivity index is 1.39. The van der Waals surface area contributed by atoms with E-state index in [0.29, 0.717) is 18.0 Å². The molecule has 2 aromatic carbocycles. The molecule has 5 rings (SSSR count). The number of carbonyl (C=O) groups is 2. The Morgan fingerprint density at radius 1 is 1.21 bits per heavy atom. The quantitative estimate of drug-likeness (QED) is 0.674. The van der Waals surface area contributed by atoms with E-state index >= 15 is 0 Å². The Labute approximate surface area is 175 Å². The molecule has 146 valence electrons. The van der Waals surface area contributed by atoms with Crippen LogP contribution >= 0.6 is 23.1 Å². The van der Waals surface area contributed by atoms with Crippen molar-refractivity contribution in [1.29, 1.82) is 0 Å². The number of amides is 2. The lowest BCUT2D eigenvalue weighted by molar-refractivity contribution is -0.121. The van der Waals surface area contributed by atoms with Crippen LogP contribution in [0.15, 0.2) is 58.8 Å². The molecule has 1 aromatic heterocycles. The van der Waals surface area contributed by atoms with E-state index in [9.17, 15) is 9.59 Å². The van der Waals surface area contributed by atoms with Crippen LogP contribution in [0.3, 0.4) is 0 Å². The molecule has 8 heteroatoms. The van der Waals surface area contributed by atoms with Gasteiger partial charge in [-0.1, -0.05) is 23.9 Å². The fourth-order valence-electron chi connectivity index (χ4n) is 3.72. The first-order chi connectivity index (χ1) is 14.1. The van der Waals surface area contributed by atoms with Crippen LogP contribution in [0.25, 0.3) is 11.3 Å². The van der Waals surface area contributed by atoms with Crippen LogP contribution in [0, 0.1) is 0 Å². The zero-order valence-corrected chi connectivity index (χ0v) is 17.2. The standard InChI is InChI=1S/C21H17N3O3S2/c1-27-14-8-6-13(7-9-14)15-12-28-20(22-15)23-19(26)21-11-10-18(25)24(21)16-4-2-3-5-17(16)29-21/h2-9,12H,10-11H2,1H3,(H,22,23,26)/t21-/m1/s1. The van der Waals surface area contributed by atoms with Crippen LogP contribution in [-0.2, 0) is 9.59 Å². The Morgan fingerprint density at radius 2 is 2.00 bits per heavy atom. The lowest BCUT2D eigenvalue weighted by atomic mass is 10.2. The highest BCUT2D eigenvalue weighted by atomic mass is 32.2. The van der Waals surface area contributed by atoms with Crippen molar-refractivity contribution in [3.63, 3.8) is 0 Å². The normalized spacial score (nSPS) is 19.8. The minimum absolute atomic E-state index is 0.0179. The summed E-state index contributed by atoms with van der Waals surface area (Å²) in [5.41, 5.74) is 2.54. The Kier molecular flexibility index (Phi) is 4.33. The highest BCUT2D eigenvalue weighted by molar-refractivity contribution is 8.02. The first-order valence-corrected chi connectivity index (χ1v) is 10.8. The average Bonchev–Trinajstić information content (AvgIpc) is 3.43. The summed E-state index contributed by atoms with van der Waals surface area (Å²) >= 11 is 2.82. The van der Waals surface area contributed by atoms with Gasteiger partial charge in [-0.25, -0.2) is 4.98 Å². The minimum atomic E-state index is -0.938. The number of rotatable bonds is 4. The number of fused-ring (bicyclic) bond motifs is 3. The summed E-state index contributed by atoms with van der Waals surface area (Å²) in [5.74, 6) is 0.552. The SMILES string of the molecule is COc1ccc(-c2csc(NC(=O)[C@]34CCC(=O)N3c3ccccc3S4)n2)cc1. The van der Waals surface area contributed by atoms with Crippen LogP contribution in [-0.4, -0.2) is 28.8 Å². The van der Waals surface area contributed by atoms with Crippen molar-refractivity contribution < 1.29 is 14.3 Å². The van der Waals surface area contributed by atoms with Gasteiger partial charge in [-0.2, -0.15) is 0 Å². The van der Waals surface area contributed by atoms with Crippen LogP contribution in [0.1, 0.15) is 12.8 Å². The number of anilines is 2. The van der Waals surface area contributed by atoms with E-state index in [4.69, 9.17) is 4.74 Å². The molecular formula is C21H17N3O3S2. The van der Waals surface area contributed by atoms with Gasteiger partial charge in [0.25, 0.3) is 5.91 Å². The van der Waals surface area contributed by atoms with Crippen molar-refractivity contribution in [2.24, 2.45) is 0 Å². The summed E-state index contributed by atoms with van der Waals surface area (Å²) < 4.78 is 5.19. The maximum atomic E-state index is 13.3. The zero-order chi connectivity index (χ0) is 20.0. The van der Waals surface area contributed by atoms with E-state index in [2.05, 4.69) is 10.3 Å². The third-order valence-corrected chi connectivity index (χ3v) is 7.37. The van der Waals surface area contributed by atoms with Gasteiger partial charge in [0, 0.05) is 22.3 Å². The lowest BCUT2D eigenvalue weighted by Crippen LogP contribution is -2.49. The third-order valence-electron chi connectivity index (χ3n) is 5.14. The summed E-state index contributed by atoms with van der Waals surface area (Å²) in [6.45, 7) is 0. The van der Waals surface area contributed by atoms with Gasteiger partial charge < -0.3 is 4.74 Å². The number of hydrogen-bond acceptors (Lipinski definition) is 6. The molecule has 0 unspecified atom stereocenters. The molecule has 1 N–H and O–H groups in total. The van der Waals surface area contributed by atoms with Crippen molar-refractivity contribution in [3.8, 4) is 17.0 Å². The number of thiazole rings is 1. The predicted molar refractivity (Wildman–Crippen MR) is 114 cm³/mol. The number of methoxy groups -OCH3 is 1. The van der Waals surface area contributed by atoms with E-state index in [1.807, 2.05) is 53.9 Å². The molecule has 1 atom stereocenters. The average molecular weight is 424 g/mol. The largest absolute Gasteiger partial charge is 0.497 e. The van der Waals surface area contributed by atoms with Gasteiger partial charge in [-0.15, -0.1) is 11.3 Å². The van der Waals surface area contributed by atoms with Crippen LogP contribution in [0.5, 0.6) is 5.75 Å². The Bertz CT molecular complexity index is 1110. The number of aromatic nitrogens is 1. The first-order valence-electron chi connectivity index (χ1n) is 9.13. The highest BCUT2D eigenvalue weighted by Crippen LogP contribution is 2.56. The number of para-hydroxylation sites is 1. The van der Waals surface area contributed by atoms with Gasteiger partial charge in [-0.3, -0.25) is 19.8 Å². The lowest BCUT2D eigenvalue weighted by Gasteiger charge is -2.29. The van der Waals surface area contributed by atoms with Crippen molar-refractivity contribution in [1.82, 2.24) is 4.98 Å². The highest BCUT2D eigenvalue weighted by Gasteiger charge is 2.57. The molecule has 0 aliphatic carbocycles. The molecule has 3 heterocycles. The van der Waals surface area contributed by atoms with E-state index in [1.165, 1.54) is 23.1 Å². The second kappa shape index (κ2) is 6.89. The summed E-state index contributed by atoms with van der Waals surface area (Å²) in [7, 11) is 1.63. The van der Waals surface area contributed by atoms with Gasteiger partial charge in [0.2, 0.25) is 5.91 Å². The van der Waals surface area contributed by atoms with E-state index in [0.717, 1.165) is 27.6 Å². The van der Waals surface area contributed by atoms with Gasteiger partial charge in [0.15, 0.2) is 10.0 Å². The molecule has 1 saturated heterocycles. The number of nitrogens with one attached hydrogen (secondary N) is 1. The number of thioether (sulfide) groups is 1.